The second-order valence-electron chi connectivity index (χ2n) is 8.40. The van der Waals surface area contributed by atoms with E-state index in [1.807, 2.05) is 6.07 Å². The number of benzene rings is 2. The lowest BCUT2D eigenvalue weighted by Crippen LogP contribution is -2.26. The van der Waals surface area contributed by atoms with E-state index in [1.165, 1.54) is 47.6 Å². The first-order valence-corrected chi connectivity index (χ1v) is 10.7. The predicted octanol–water partition coefficient (Wildman–Crippen LogP) is 6.80. The summed E-state index contributed by atoms with van der Waals surface area (Å²) in [5.41, 5.74) is 7.26. The van der Waals surface area contributed by atoms with Gasteiger partial charge in [0.2, 0.25) is 0 Å². The zero-order valence-corrected chi connectivity index (χ0v) is 17.7. The van der Waals surface area contributed by atoms with Gasteiger partial charge in [0, 0.05) is 11.0 Å². The molecule has 3 rings (SSSR count). The van der Waals surface area contributed by atoms with Gasteiger partial charge in [0.1, 0.15) is 5.78 Å². The molecule has 1 aliphatic carbocycles. The van der Waals surface area contributed by atoms with Gasteiger partial charge in [-0.25, -0.2) is 0 Å². The number of Topliss-reactive ketones (excluding diaryl/α,β-unsaturated/α-hetero) is 2. The summed E-state index contributed by atoms with van der Waals surface area (Å²) in [5, 5.41) is 0. The lowest BCUT2D eigenvalue weighted by atomic mass is 9.70. The van der Waals surface area contributed by atoms with E-state index in [1.54, 1.807) is 0 Å². The molecule has 2 aromatic rings. The predicted molar refractivity (Wildman–Crippen MR) is 116 cm³/mol. The zero-order valence-electron chi connectivity index (χ0n) is 17.7. The molecule has 148 valence electrons. The Kier molecular flexibility index (Phi) is 6.17. The van der Waals surface area contributed by atoms with Gasteiger partial charge in [-0.2, -0.15) is 0 Å². The maximum atomic E-state index is 12.6. The van der Waals surface area contributed by atoms with Crippen molar-refractivity contribution in [2.75, 3.05) is 0 Å². The minimum Gasteiger partial charge on any atom is -0.300 e. The summed E-state index contributed by atoms with van der Waals surface area (Å²) in [6.45, 7) is 8.13. The number of hydrogen-bond acceptors (Lipinski definition) is 2. The summed E-state index contributed by atoms with van der Waals surface area (Å²) in [5.74, 6) is -0.144. The van der Waals surface area contributed by atoms with Crippen molar-refractivity contribution in [3.8, 4) is 11.1 Å². The summed E-state index contributed by atoms with van der Waals surface area (Å²) in [6, 6.07) is 12.9. The highest BCUT2D eigenvalue weighted by Crippen LogP contribution is 2.54. The van der Waals surface area contributed by atoms with Gasteiger partial charge in [0.25, 0.3) is 0 Å². The Hall–Kier alpha value is -2.22. The van der Waals surface area contributed by atoms with Crippen molar-refractivity contribution in [1.82, 2.24) is 0 Å². The van der Waals surface area contributed by atoms with Gasteiger partial charge in [0.15, 0.2) is 5.78 Å². The van der Waals surface area contributed by atoms with E-state index < -0.39 is 0 Å². The SMILES string of the molecule is CCCCC1(CCCC)c2cc(C)ccc2-c2ccc(C(=O)CC(C)=O)cc21. The summed E-state index contributed by atoms with van der Waals surface area (Å²) in [4.78, 5) is 24.1. The number of unbranched alkanes of at least 4 members (excludes halogenated alkanes) is 2. The third-order valence-electron chi connectivity index (χ3n) is 6.16. The van der Waals surface area contributed by atoms with E-state index in [9.17, 15) is 9.59 Å². The molecule has 0 aromatic heterocycles. The molecular weight excluding hydrogens is 344 g/mol. The van der Waals surface area contributed by atoms with Crippen LogP contribution in [0.1, 0.15) is 92.8 Å². The molecule has 2 nitrogen and oxygen atoms in total. The Labute approximate surface area is 169 Å². The highest BCUT2D eigenvalue weighted by Gasteiger charge is 2.42. The van der Waals surface area contributed by atoms with Crippen LogP contribution in [0.5, 0.6) is 0 Å². The Morgan fingerprint density at radius 3 is 2.00 bits per heavy atom. The highest BCUT2D eigenvalue weighted by atomic mass is 16.1. The third kappa shape index (κ3) is 3.70. The second kappa shape index (κ2) is 8.43. The molecule has 0 spiro atoms. The first-order chi connectivity index (χ1) is 13.4. The van der Waals surface area contributed by atoms with Gasteiger partial charge < -0.3 is 0 Å². The molecular formula is C26H32O2. The average molecular weight is 377 g/mol. The average Bonchev–Trinajstić information content (AvgIpc) is 2.93. The summed E-state index contributed by atoms with van der Waals surface area (Å²) in [6.07, 6.45) is 6.86. The Morgan fingerprint density at radius 1 is 0.857 bits per heavy atom. The summed E-state index contributed by atoms with van der Waals surface area (Å²) >= 11 is 0. The third-order valence-corrected chi connectivity index (χ3v) is 6.16. The van der Waals surface area contributed by atoms with Crippen molar-refractivity contribution in [2.45, 2.75) is 78.1 Å². The minimum atomic E-state index is -0.0763. The molecule has 0 fully saturated rings. The van der Waals surface area contributed by atoms with Crippen molar-refractivity contribution < 1.29 is 9.59 Å². The van der Waals surface area contributed by atoms with Crippen LogP contribution in [-0.2, 0) is 10.2 Å². The normalized spacial score (nSPS) is 13.9. The molecule has 1 aliphatic rings. The Morgan fingerprint density at radius 2 is 1.43 bits per heavy atom. The van der Waals surface area contributed by atoms with Gasteiger partial charge in [-0.1, -0.05) is 75.4 Å². The molecule has 0 saturated carbocycles. The molecule has 0 heterocycles. The molecule has 0 bridgehead atoms. The topological polar surface area (TPSA) is 34.1 Å². The zero-order chi connectivity index (χ0) is 20.3. The molecule has 0 aliphatic heterocycles. The molecule has 0 saturated heterocycles. The molecule has 0 radical (unpaired) electrons. The van der Waals surface area contributed by atoms with Crippen LogP contribution in [-0.4, -0.2) is 11.6 Å². The van der Waals surface area contributed by atoms with E-state index in [2.05, 4.69) is 51.1 Å². The van der Waals surface area contributed by atoms with Crippen LogP contribution < -0.4 is 0 Å². The summed E-state index contributed by atoms with van der Waals surface area (Å²) < 4.78 is 0. The van der Waals surface area contributed by atoms with Crippen LogP contribution in [0.15, 0.2) is 36.4 Å². The van der Waals surface area contributed by atoms with Gasteiger partial charge in [-0.3, -0.25) is 9.59 Å². The first kappa shape index (κ1) is 20.5. The number of carbonyl (C=O) groups excluding carboxylic acids is 2. The fourth-order valence-electron chi connectivity index (χ4n) is 4.73. The van der Waals surface area contributed by atoms with Crippen LogP contribution >= 0.6 is 0 Å². The molecule has 2 heteroatoms. The van der Waals surface area contributed by atoms with E-state index in [0.29, 0.717) is 5.56 Å². The van der Waals surface area contributed by atoms with Crippen molar-refractivity contribution >= 4 is 11.6 Å². The number of aryl methyl sites for hydroxylation is 1. The molecule has 0 amide bonds. The monoisotopic (exact) mass is 376 g/mol. The number of hydrogen-bond donors (Lipinski definition) is 0. The molecule has 0 unspecified atom stereocenters. The maximum absolute atomic E-state index is 12.6. The van der Waals surface area contributed by atoms with Crippen molar-refractivity contribution in [3.63, 3.8) is 0 Å². The van der Waals surface area contributed by atoms with Gasteiger partial charge >= 0.3 is 0 Å². The van der Waals surface area contributed by atoms with Crippen molar-refractivity contribution in [3.05, 3.63) is 58.7 Å². The van der Waals surface area contributed by atoms with E-state index in [0.717, 1.165) is 25.7 Å². The highest BCUT2D eigenvalue weighted by molar-refractivity contribution is 6.07. The van der Waals surface area contributed by atoms with Crippen LogP contribution in [0, 0.1) is 6.92 Å². The molecule has 0 N–H and O–H groups in total. The van der Waals surface area contributed by atoms with E-state index in [-0.39, 0.29) is 23.4 Å². The van der Waals surface area contributed by atoms with Gasteiger partial charge in [-0.05, 0) is 55.0 Å². The maximum Gasteiger partial charge on any atom is 0.170 e. The molecule has 28 heavy (non-hydrogen) atoms. The van der Waals surface area contributed by atoms with Crippen molar-refractivity contribution in [2.24, 2.45) is 0 Å². The summed E-state index contributed by atoms with van der Waals surface area (Å²) in [7, 11) is 0. The Balaban J connectivity index is 2.19. The van der Waals surface area contributed by atoms with Crippen LogP contribution in [0.2, 0.25) is 0 Å². The van der Waals surface area contributed by atoms with Crippen LogP contribution in [0.3, 0.4) is 0 Å². The molecule has 2 aromatic carbocycles. The lowest BCUT2D eigenvalue weighted by molar-refractivity contribution is -0.116. The lowest BCUT2D eigenvalue weighted by Gasteiger charge is -2.33. The quantitative estimate of drug-likeness (QED) is 0.356. The first-order valence-electron chi connectivity index (χ1n) is 10.7. The number of rotatable bonds is 9. The number of ketones is 2. The second-order valence-corrected chi connectivity index (χ2v) is 8.40. The number of carbonyl (C=O) groups is 2. The van der Waals surface area contributed by atoms with Gasteiger partial charge in [0.05, 0.1) is 6.42 Å². The molecule has 0 atom stereocenters. The van der Waals surface area contributed by atoms with E-state index in [4.69, 9.17) is 0 Å². The van der Waals surface area contributed by atoms with Crippen LogP contribution in [0.25, 0.3) is 11.1 Å². The van der Waals surface area contributed by atoms with Gasteiger partial charge in [-0.15, -0.1) is 0 Å². The van der Waals surface area contributed by atoms with Crippen molar-refractivity contribution in [1.29, 1.82) is 0 Å². The minimum absolute atomic E-state index is 0.0121. The Bertz CT molecular complexity index is 883. The number of fused-ring (bicyclic) bond motifs is 3. The fraction of sp³-hybridized carbons (Fsp3) is 0.462. The fourth-order valence-corrected chi connectivity index (χ4v) is 4.73. The van der Waals surface area contributed by atoms with Crippen LogP contribution in [0.4, 0.5) is 0 Å². The largest absolute Gasteiger partial charge is 0.300 e. The smallest absolute Gasteiger partial charge is 0.170 e. The standard InChI is InChI=1S/C26H32O2/c1-5-7-13-26(14-8-6-2)23-15-18(3)9-11-21(23)22-12-10-20(17-24(22)26)25(28)16-19(4)27/h9-12,15,17H,5-8,13-14,16H2,1-4H3. The van der Waals surface area contributed by atoms with E-state index >= 15 is 0 Å².